The van der Waals surface area contributed by atoms with Gasteiger partial charge in [-0.2, -0.15) is 0 Å². The summed E-state index contributed by atoms with van der Waals surface area (Å²) in [6.45, 7) is 5.04. The Hall–Kier alpha value is -1.60. The fourth-order valence-electron chi connectivity index (χ4n) is 2.99. The number of hydrogen-bond acceptors (Lipinski definition) is 7. The van der Waals surface area contributed by atoms with Crippen molar-refractivity contribution in [2.75, 3.05) is 5.32 Å². The fraction of sp³-hybridized carbons (Fsp3) is 0.467. The summed E-state index contributed by atoms with van der Waals surface area (Å²) in [7, 11) is 0. The lowest BCUT2D eigenvalue weighted by molar-refractivity contribution is 0.509. The normalized spacial score (nSPS) is 17.6. The highest BCUT2D eigenvalue weighted by Crippen LogP contribution is 2.39. The summed E-state index contributed by atoms with van der Waals surface area (Å²) in [6, 6.07) is 0. The number of nitrogens with zero attached hydrogens (tertiary/aromatic N) is 4. The van der Waals surface area contributed by atoms with Gasteiger partial charge < -0.3 is 5.32 Å². The van der Waals surface area contributed by atoms with Crippen molar-refractivity contribution in [2.24, 2.45) is 5.92 Å². The van der Waals surface area contributed by atoms with Crippen molar-refractivity contribution in [3.63, 3.8) is 0 Å². The van der Waals surface area contributed by atoms with Crippen molar-refractivity contribution in [3.05, 3.63) is 27.3 Å². The molecule has 5 nitrogen and oxygen atoms in total. The summed E-state index contributed by atoms with van der Waals surface area (Å²) in [5.74, 6) is 1.72. The number of thiophene rings is 1. The highest BCUT2D eigenvalue weighted by atomic mass is 32.1. The first-order chi connectivity index (χ1) is 10.7. The van der Waals surface area contributed by atoms with E-state index in [2.05, 4.69) is 31.8 Å². The Morgan fingerprint density at radius 3 is 3.09 bits per heavy atom. The Bertz CT molecular complexity index is 823. The first-order valence-corrected chi connectivity index (χ1v) is 9.08. The first-order valence-electron chi connectivity index (χ1n) is 7.49. The summed E-state index contributed by atoms with van der Waals surface area (Å²) >= 11 is 3.27. The highest BCUT2D eigenvalue weighted by Gasteiger charge is 2.23. The van der Waals surface area contributed by atoms with Crippen molar-refractivity contribution < 1.29 is 0 Å². The maximum absolute atomic E-state index is 4.48. The van der Waals surface area contributed by atoms with Crippen molar-refractivity contribution in [1.82, 2.24) is 19.6 Å². The molecule has 1 aliphatic rings. The molecule has 0 amide bonds. The van der Waals surface area contributed by atoms with Crippen LogP contribution < -0.4 is 5.32 Å². The molecule has 1 unspecified atom stereocenters. The summed E-state index contributed by atoms with van der Waals surface area (Å²) in [5.41, 5.74) is 2.45. The van der Waals surface area contributed by atoms with E-state index in [1.165, 1.54) is 40.2 Å². The molecule has 0 aliphatic heterocycles. The molecule has 3 aromatic rings. The van der Waals surface area contributed by atoms with E-state index in [0.717, 1.165) is 40.1 Å². The second-order valence-corrected chi connectivity index (χ2v) is 7.81. The third-order valence-corrected chi connectivity index (χ3v) is 6.24. The van der Waals surface area contributed by atoms with Gasteiger partial charge in [0, 0.05) is 4.88 Å². The van der Waals surface area contributed by atoms with Gasteiger partial charge in [0.2, 0.25) is 0 Å². The third kappa shape index (κ3) is 2.38. The van der Waals surface area contributed by atoms with Gasteiger partial charge in [0.15, 0.2) is 0 Å². The van der Waals surface area contributed by atoms with Gasteiger partial charge >= 0.3 is 0 Å². The van der Waals surface area contributed by atoms with Crippen molar-refractivity contribution >= 4 is 38.9 Å². The van der Waals surface area contributed by atoms with Gasteiger partial charge in [-0.05, 0) is 49.2 Å². The zero-order valence-corrected chi connectivity index (χ0v) is 14.2. The molecule has 0 spiro atoms. The molecule has 1 atom stereocenters. The topological polar surface area (TPSA) is 63.6 Å². The largest absolute Gasteiger partial charge is 0.364 e. The molecular formula is C15H17N5S2. The Balaban J connectivity index is 1.70. The molecule has 3 aromatic heterocycles. The number of rotatable bonds is 3. The molecule has 0 aromatic carbocycles. The van der Waals surface area contributed by atoms with Crippen molar-refractivity contribution in [2.45, 2.75) is 39.7 Å². The third-order valence-electron chi connectivity index (χ3n) is 4.25. The van der Waals surface area contributed by atoms with E-state index in [1.54, 1.807) is 6.33 Å². The second kappa shape index (κ2) is 5.55. The molecule has 0 saturated heterocycles. The minimum atomic E-state index is 0.719. The predicted molar refractivity (Wildman–Crippen MR) is 90.6 cm³/mol. The molecule has 1 N–H and O–H groups in total. The Kier molecular flexibility index (Phi) is 3.54. The Morgan fingerprint density at radius 1 is 1.36 bits per heavy atom. The zero-order valence-electron chi connectivity index (χ0n) is 12.6. The average molecular weight is 331 g/mol. The predicted octanol–water partition coefficient (Wildman–Crippen LogP) is 3.59. The molecule has 0 saturated carbocycles. The Morgan fingerprint density at radius 2 is 2.27 bits per heavy atom. The van der Waals surface area contributed by atoms with Gasteiger partial charge in [-0.1, -0.05) is 11.4 Å². The van der Waals surface area contributed by atoms with Crippen LogP contribution in [0.4, 0.5) is 5.82 Å². The van der Waals surface area contributed by atoms with E-state index in [4.69, 9.17) is 0 Å². The van der Waals surface area contributed by atoms with Crippen LogP contribution in [0.3, 0.4) is 0 Å². The molecule has 1 aliphatic carbocycles. The maximum atomic E-state index is 4.48. The van der Waals surface area contributed by atoms with Gasteiger partial charge in [-0.3, -0.25) is 0 Å². The van der Waals surface area contributed by atoms with Crippen LogP contribution in [0.25, 0.3) is 10.2 Å². The quantitative estimate of drug-likeness (QED) is 0.794. The van der Waals surface area contributed by atoms with Crippen LogP contribution in [0.5, 0.6) is 0 Å². The molecule has 7 heteroatoms. The minimum absolute atomic E-state index is 0.719. The van der Waals surface area contributed by atoms with E-state index in [1.807, 2.05) is 18.3 Å². The molecule has 4 rings (SSSR count). The number of hydrogen-bond donors (Lipinski definition) is 1. The van der Waals surface area contributed by atoms with Crippen LogP contribution in [0, 0.1) is 12.8 Å². The number of anilines is 1. The highest BCUT2D eigenvalue weighted by molar-refractivity contribution is 7.19. The van der Waals surface area contributed by atoms with E-state index in [0.29, 0.717) is 0 Å². The lowest BCUT2D eigenvalue weighted by Crippen LogP contribution is -2.09. The van der Waals surface area contributed by atoms with E-state index in [9.17, 15) is 0 Å². The average Bonchev–Trinajstić information content (AvgIpc) is 3.07. The van der Waals surface area contributed by atoms with Gasteiger partial charge in [0.25, 0.3) is 0 Å². The molecule has 0 radical (unpaired) electrons. The summed E-state index contributed by atoms with van der Waals surface area (Å²) in [4.78, 5) is 12.7. The van der Waals surface area contributed by atoms with Gasteiger partial charge in [-0.25, -0.2) is 9.97 Å². The van der Waals surface area contributed by atoms with Crippen LogP contribution >= 0.6 is 22.9 Å². The first kappa shape index (κ1) is 14.0. The zero-order chi connectivity index (χ0) is 15.1. The smallest absolute Gasteiger partial charge is 0.138 e. The second-order valence-electron chi connectivity index (χ2n) is 5.89. The van der Waals surface area contributed by atoms with Gasteiger partial charge in [-0.15, -0.1) is 16.4 Å². The van der Waals surface area contributed by atoms with Gasteiger partial charge in [0.1, 0.15) is 17.0 Å². The monoisotopic (exact) mass is 331 g/mol. The summed E-state index contributed by atoms with van der Waals surface area (Å²) in [5, 5.41) is 8.75. The number of fused-ring (bicyclic) bond motifs is 3. The minimum Gasteiger partial charge on any atom is -0.364 e. The lowest BCUT2D eigenvalue weighted by Gasteiger charge is -2.18. The molecule has 0 bridgehead atoms. The molecule has 3 heterocycles. The number of aryl methyl sites for hydroxylation is 2. The molecule has 114 valence electrons. The van der Waals surface area contributed by atoms with Crippen molar-refractivity contribution in [1.29, 1.82) is 0 Å². The van der Waals surface area contributed by atoms with Crippen molar-refractivity contribution in [3.8, 4) is 0 Å². The number of nitrogens with one attached hydrogen (secondary N) is 1. The van der Waals surface area contributed by atoms with Crippen LogP contribution in [-0.4, -0.2) is 19.6 Å². The van der Waals surface area contributed by atoms with Crippen LogP contribution in [0.15, 0.2) is 6.33 Å². The van der Waals surface area contributed by atoms with E-state index >= 15 is 0 Å². The van der Waals surface area contributed by atoms with E-state index in [-0.39, 0.29) is 0 Å². The van der Waals surface area contributed by atoms with Crippen LogP contribution in [0.2, 0.25) is 0 Å². The molecule has 22 heavy (non-hydrogen) atoms. The fourth-order valence-corrected chi connectivity index (χ4v) is 4.91. The SMILES string of the molecule is Cc1nnsc1CNc1ncnc2sc3c(c12)CCC(C)C3. The lowest BCUT2D eigenvalue weighted by atomic mass is 9.89. The standard InChI is InChI=1S/C15H17N5S2/c1-8-3-4-10-11(5-8)21-15-13(10)14(17-7-18-15)16-6-12-9(2)19-20-22-12/h7-8H,3-6H2,1-2H3,(H,16,17,18). The molecular weight excluding hydrogens is 314 g/mol. The maximum Gasteiger partial charge on any atom is 0.138 e. The molecule has 0 fully saturated rings. The summed E-state index contributed by atoms with van der Waals surface area (Å²) < 4.78 is 3.99. The summed E-state index contributed by atoms with van der Waals surface area (Å²) in [6.07, 6.45) is 5.23. The van der Waals surface area contributed by atoms with Crippen LogP contribution in [-0.2, 0) is 19.4 Å². The Labute approximate surface area is 137 Å². The van der Waals surface area contributed by atoms with E-state index < -0.39 is 0 Å². The van der Waals surface area contributed by atoms with Crippen LogP contribution in [0.1, 0.15) is 34.4 Å². The van der Waals surface area contributed by atoms with Gasteiger partial charge in [0.05, 0.1) is 22.5 Å². The number of aromatic nitrogens is 4.